The van der Waals surface area contributed by atoms with Gasteiger partial charge in [0, 0.05) is 32.2 Å². The zero-order valence-electron chi connectivity index (χ0n) is 13.8. The monoisotopic (exact) mass is 337 g/mol. The Morgan fingerprint density at radius 2 is 1.91 bits per heavy atom. The van der Waals surface area contributed by atoms with Gasteiger partial charge in [-0.15, -0.1) is 12.4 Å². The molecule has 5 heteroatoms. The molecule has 0 bridgehead atoms. The first-order chi connectivity index (χ1) is 10.7. The molecular weight excluding hydrogens is 310 g/mol. The van der Waals surface area contributed by atoms with Crippen LogP contribution in [0.2, 0.25) is 0 Å². The smallest absolute Gasteiger partial charge is 0.224 e. The number of nitrogens with zero attached hydrogens (tertiary/aromatic N) is 1. The predicted molar refractivity (Wildman–Crippen MR) is 95.7 cm³/mol. The van der Waals surface area contributed by atoms with Crippen LogP contribution in [0.5, 0.6) is 0 Å². The number of piperidine rings is 1. The number of nitrogens with one attached hydrogen (secondary N) is 2. The fraction of sp³-hybridized carbons (Fsp3) is 0.611. The van der Waals surface area contributed by atoms with Gasteiger partial charge in [-0.3, -0.25) is 9.69 Å². The minimum atomic E-state index is 0. The van der Waals surface area contributed by atoms with E-state index in [1.54, 1.807) is 0 Å². The van der Waals surface area contributed by atoms with Crippen LogP contribution < -0.4 is 10.6 Å². The van der Waals surface area contributed by atoms with E-state index in [9.17, 15) is 4.79 Å². The molecule has 2 saturated heterocycles. The molecule has 128 valence electrons. The lowest BCUT2D eigenvalue weighted by atomic mass is 9.96. The fourth-order valence-electron chi connectivity index (χ4n) is 3.55. The highest BCUT2D eigenvalue weighted by Crippen LogP contribution is 2.18. The Hall–Kier alpha value is -1.10. The molecule has 1 amide bonds. The molecule has 0 saturated carbocycles. The van der Waals surface area contributed by atoms with Crippen molar-refractivity contribution in [1.29, 1.82) is 0 Å². The van der Waals surface area contributed by atoms with Crippen LogP contribution in [-0.2, 0) is 11.3 Å². The minimum absolute atomic E-state index is 0. The normalized spacial score (nSPS) is 25.8. The van der Waals surface area contributed by atoms with E-state index in [4.69, 9.17) is 0 Å². The van der Waals surface area contributed by atoms with Gasteiger partial charge in [0.25, 0.3) is 0 Å². The number of rotatable bonds is 4. The number of benzene rings is 1. The number of amides is 1. The van der Waals surface area contributed by atoms with Gasteiger partial charge >= 0.3 is 0 Å². The van der Waals surface area contributed by atoms with Crippen LogP contribution in [0.15, 0.2) is 30.3 Å². The Morgan fingerprint density at radius 1 is 1.22 bits per heavy atom. The van der Waals surface area contributed by atoms with Crippen LogP contribution in [0.1, 0.15) is 25.3 Å². The molecule has 2 atom stereocenters. The summed E-state index contributed by atoms with van der Waals surface area (Å²) in [6.07, 6.45) is 2.13. The summed E-state index contributed by atoms with van der Waals surface area (Å²) in [6.45, 7) is 7.11. The molecule has 2 fully saturated rings. The number of hydrogen-bond acceptors (Lipinski definition) is 3. The second-order valence-corrected chi connectivity index (χ2v) is 6.79. The molecule has 23 heavy (non-hydrogen) atoms. The Kier molecular flexibility index (Phi) is 6.88. The van der Waals surface area contributed by atoms with E-state index >= 15 is 0 Å². The van der Waals surface area contributed by atoms with E-state index in [-0.39, 0.29) is 24.2 Å². The van der Waals surface area contributed by atoms with E-state index < -0.39 is 0 Å². The number of halogens is 1. The molecule has 0 radical (unpaired) electrons. The number of carbonyl (C=O) groups is 1. The van der Waals surface area contributed by atoms with Gasteiger partial charge in [-0.1, -0.05) is 37.3 Å². The number of hydrogen-bond donors (Lipinski definition) is 2. The summed E-state index contributed by atoms with van der Waals surface area (Å²) < 4.78 is 0. The van der Waals surface area contributed by atoms with Gasteiger partial charge in [0.2, 0.25) is 5.91 Å². The van der Waals surface area contributed by atoms with E-state index in [2.05, 4.69) is 52.8 Å². The standard InChI is InChI=1S/C18H27N3O.ClH/c1-14-11-19-12-17(14)18(22)20-16-7-9-21(10-8-16)13-15-5-3-2-4-6-15;/h2-6,14,16-17,19H,7-13H2,1H3,(H,20,22);1H/t14-,17-;/m1./s1. The molecule has 2 heterocycles. The molecule has 1 aromatic rings. The van der Waals surface area contributed by atoms with Crippen LogP contribution in [0.25, 0.3) is 0 Å². The molecule has 1 aromatic carbocycles. The van der Waals surface area contributed by atoms with Crippen LogP contribution in [0.4, 0.5) is 0 Å². The Morgan fingerprint density at radius 3 is 2.52 bits per heavy atom. The molecule has 0 unspecified atom stereocenters. The molecule has 0 spiro atoms. The van der Waals surface area contributed by atoms with Crippen molar-refractivity contribution in [2.24, 2.45) is 11.8 Å². The van der Waals surface area contributed by atoms with E-state index in [1.165, 1.54) is 5.56 Å². The largest absolute Gasteiger partial charge is 0.353 e. The molecule has 0 aromatic heterocycles. The third-order valence-corrected chi connectivity index (χ3v) is 5.04. The van der Waals surface area contributed by atoms with E-state index in [1.807, 2.05) is 0 Å². The van der Waals surface area contributed by atoms with Gasteiger partial charge in [-0.25, -0.2) is 0 Å². The molecule has 2 N–H and O–H groups in total. The summed E-state index contributed by atoms with van der Waals surface area (Å²) in [7, 11) is 0. The SMILES string of the molecule is C[C@@H]1CNC[C@H]1C(=O)NC1CCN(Cc2ccccc2)CC1.Cl. The van der Waals surface area contributed by atoms with Crippen LogP contribution in [-0.4, -0.2) is 43.0 Å². The number of carbonyl (C=O) groups excluding carboxylic acids is 1. The molecule has 4 nitrogen and oxygen atoms in total. The minimum Gasteiger partial charge on any atom is -0.353 e. The summed E-state index contributed by atoms with van der Waals surface area (Å²) in [5.74, 6) is 0.861. The van der Waals surface area contributed by atoms with Gasteiger partial charge in [0.15, 0.2) is 0 Å². The van der Waals surface area contributed by atoms with Gasteiger partial charge in [0.1, 0.15) is 0 Å². The fourth-order valence-corrected chi connectivity index (χ4v) is 3.55. The lowest BCUT2D eigenvalue weighted by Gasteiger charge is -2.33. The van der Waals surface area contributed by atoms with Crippen LogP contribution >= 0.6 is 12.4 Å². The predicted octanol–water partition coefficient (Wildman–Crippen LogP) is 2.04. The van der Waals surface area contributed by atoms with Crippen molar-refractivity contribution in [3.63, 3.8) is 0 Å². The average Bonchev–Trinajstić information content (AvgIpc) is 2.96. The molecular formula is C18H28ClN3O. The maximum atomic E-state index is 12.3. The molecule has 0 aliphatic carbocycles. The van der Waals surface area contributed by atoms with Crippen molar-refractivity contribution in [2.45, 2.75) is 32.4 Å². The highest BCUT2D eigenvalue weighted by molar-refractivity contribution is 5.85. The van der Waals surface area contributed by atoms with Gasteiger partial charge in [-0.05, 0) is 30.9 Å². The highest BCUT2D eigenvalue weighted by atomic mass is 35.5. The summed E-state index contributed by atoms with van der Waals surface area (Å²) in [6, 6.07) is 11.0. The third kappa shape index (κ3) is 4.93. The Bertz CT molecular complexity index is 488. The zero-order chi connectivity index (χ0) is 15.4. The summed E-state index contributed by atoms with van der Waals surface area (Å²) in [5.41, 5.74) is 1.37. The highest BCUT2D eigenvalue weighted by Gasteiger charge is 2.31. The van der Waals surface area contributed by atoms with Crippen molar-refractivity contribution >= 4 is 18.3 Å². The topological polar surface area (TPSA) is 44.4 Å². The summed E-state index contributed by atoms with van der Waals surface area (Å²) in [5, 5.41) is 6.58. The Balaban J connectivity index is 0.00000192. The van der Waals surface area contributed by atoms with Crippen molar-refractivity contribution in [3.05, 3.63) is 35.9 Å². The second-order valence-electron chi connectivity index (χ2n) is 6.79. The first kappa shape index (κ1) is 18.2. The Labute approximate surface area is 145 Å². The van der Waals surface area contributed by atoms with E-state index in [0.717, 1.165) is 45.6 Å². The second kappa shape index (κ2) is 8.67. The lowest BCUT2D eigenvalue weighted by Crippen LogP contribution is -2.47. The maximum absolute atomic E-state index is 12.3. The first-order valence-corrected chi connectivity index (χ1v) is 8.50. The quantitative estimate of drug-likeness (QED) is 0.883. The summed E-state index contributed by atoms with van der Waals surface area (Å²) in [4.78, 5) is 14.8. The van der Waals surface area contributed by atoms with Crippen LogP contribution in [0, 0.1) is 11.8 Å². The molecule has 3 rings (SSSR count). The van der Waals surface area contributed by atoms with Crippen molar-refractivity contribution < 1.29 is 4.79 Å². The van der Waals surface area contributed by atoms with Crippen molar-refractivity contribution in [2.75, 3.05) is 26.2 Å². The zero-order valence-corrected chi connectivity index (χ0v) is 14.6. The number of likely N-dealkylation sites (tertiary alicyclic amines) is 1. The van der Waals surface area contributed by atoms with Gasteiger partial charge in [-0.2, -0.15) is 0 Å². The third-order valence-electron chi connectivity index (χ3n) is 5.04. The van der Waals surface area contributed by atoms with E-state index in [0.29, 0.717) is 12.0 Å². The maximum Gasteiger partial charge on any atom is 0.224 e. The van der Waals surface area contributed by atoms with Crippen molar-refractivity contribution in [3.8, 4) is 0 Å². The first-order valence-electron chi connectivity index (χ1n) is 8.50. The average molecular weight is 338 g/mol. The van der Waals surface area contributed by atoms with Crippen LogP contribution in [0.3, 0.4) is 0 Å². The van der Waals surface area contributed by atoms with Gasteiger partial charge in [0.05, 0.1) is 5.92 Å². The lowest BCUT2D eigenvalue weighted by molar-refractivity contribution is -0.126. The molecule has 2 aliphatic rings. The summed E-state index contributed by atoms with van der Waals surface area (Å²) >= 11 is 0. The van der Waals surface area contributed by atoms with Gasteiger partial charge < -0.3 is 10.6 Å². The molecule has 2 aliphatic heterocycles. The van der Waals surface area contributed by atoms with Crippen molar-refractivity contribution in [1.82, 2.24) is 15.5 Å².